The Morgan fingerprint density at radius 3 is 2.66 bits per heavy atom. The standard InChI is InChI=1S/C33H39F4N7O3/c1-21-17-25(33(35,36)37)24(18-38)31(39-21)40-27-12-15-43(30-26(34)8-4-9-28(30)42(3)32(27)46)14-6-16-47-23-19-44(20-23)29(45)11-10-22-7-5-13-41(22)2/h4,8-11,17,22-23,27H,5-7,12-16,19-20H2,1-3H3,(H,39,40)/b11-10+. The van der Waals surface area contributed by atoms with E-state index in [1.807, 2.05) is 6.08 Å². The zero-order valence-electron chi connectivity index (χ0n) is 26.7. The quantitative estimate of drug-likeness (QED) is 0.241. The number of hydrogen-bond donors (Lipinski definition) is 1. The van der Waals surface area contributed by atoms with Gasteiger partial charge in [0.1, 0.15) is 29.3 Å². The van der Waals surface area contributed by atoms with Gasteiger partial charge in [0, 0.05) is 57.6 Å². The summed E-state index contributed by atoms with van der Waals surface area (Å²) >= 11 is 0. The molecule has 1 aromatic carbocycles. The number of likely N-dealkylation sites (N-methyl/N-ethyl adjacent to an activating group) is 2. The van der Waals surface area contributed by atoms with E-state index in [-0.39, 0.29) is 42.2 Å². The first-order valence-corrected chi connectivity index (χ1v) is 15.7. The monoisotopic (exact) mass is 657 g/mol. The van der Waals surface area contributed by atoms with Crippen LogP contribution in [-0.2, 0) is 20.5 Å². The van der Waals surface area contributed by atoms with E-state index in [4.69, 9.17) is 4.74 Å². The number of aromatic nitrogens is 1. The molecule has 0 spiro atoms. The number of anilines is 3. The minimum Gasteiger partial charge on any atom is -0.374 e. The Kier molecular flexibility index (Phi) is 10.4. The molecule has 0 aliphatic carbocycles. The highest BCUT2D eigenvalue weighted by molar-refractivity contribution is 6.01. The molecule has 0 radical (unpaired) electrons. The third-order valence-electron chi connectivity index (χ3n) is 8.96. The molecule has 2 aromatic rings. The first kappa shape index (κ1) is 34.1. The number of hydrogen-bond acceptors (Lipinski definition) is 8. The highest BCUT2D eigenvalue weighted by Gasteiger charge is 2.37. The summed E-state index contributed by atoms with van der Waals surface area (Å²) in [6, 6.07) is 6.04. The van der Waals surface area contributed by atoms with Crippen molar-refractivity contribution in [3.63, 3.8) is 0 Å². The van der Waals surface area contributed by atoms with Crippen LogP contribution in [0.3, 0.4) is 0 Å². The molecule has 1 aromatic heterocycles. The first-order valence-electron chi connectivity index (χ1n) is 15.7. The number of amides is 2. The Morgan fingerprint density at radius 2 is 1.98 bits per heavy atom. The average molecular weight is 658 g/mol. The number of rotatable bonds is 9. The van der Waals surface area contributed by atoms with Gasteiger partial charge in [-0.15, -0.1) is 0 Å². The van der Waals surface area contributed by atoms with Crippen molar-refractivity contribution in [1.82, 2.24) is 14.8 Å². The molecule has 3 aliphatic rings. The zero-order chi connectivity index (χ0) is 33.9. The maximum atomic E-state index is 15.3. The largest absolute Gasteiger partial charge is 0.417 e. The third kappa shape index (κ3) is 7.68. The van der Waals surface area contributed by atoms with Crippen molar-refractivity contribution >= 4 is 29.0 Å². The second kappa shape index (κ2) is 14.3. The summed E-state index contributed by atoms with van der Waals surface area (Å²) in [4.78, 5) is 37.2. The maximum Gasteiger partial charge on any atom is 0.417 e. The smallest absolute Gasteiger partial charge is 0.374 e. The van der Waals surface area contributed by atoms with Gasteiger partial charge in [-0.1, -0.05) is 12.1 Å². The highest BCUT2D eigenvalue weighted by atomic mass is 19.4. The van der Waals surface area contributed by atoms with Crippen LogP contribution in [0.15, 0.2) is 36.4 Å². The molecule has 3 aliphatic heterocycles. The summed E-state index contributed by atoms with van der Waals surface area (Å²) in [6.07, 6.45) is 1.53. The fourth-order valence-electron chi connectivity index (χ4n) is 6.30. The molecular weight excluding hydrogens is 618 g/mol. The lowest BCUT2D eigenvalue weighted by atomic mass is 10.0. The lowest BCUT2D eigenvalue weighted by Crippen LogP contribution is -2.54. The number of likely N-dealkylation sites (tertiary alicyclic amines) is 2. The number of alkyl halides is 3. The van der Waals surface area contributed by atoms with Gasteiger partial charge in [-0.05, 0) is 64.4 Å². The average Bonchev–Trinajstić information content (AvgIpc) is 3.42. The molecule has 2 amide bonds. The predicted octanol–water partition coefficient (Wildman–Crippen LogP) is 4.34. The molecule has 1 N–H and O–H groups in total. The Bertz CT molecular complexity index is 1550. The topological polar surface area (TPSA) is 105 Å². The van der Waals surface area contributed by atoms with Crippen molar-refractivity contribution in [3.8, 4) is 6.07 Å². The number of carbonyl (C=O) groups excluding carboxylic acids is 2. The van der Waals surface area contributed by atoms with E-state index in [1.54, 1.807) is 28.0 Å². The number of para-hydroxylation sites is 1. The molecule has 47 heavy (non-hydrogen) atoms. The Balaban J connectivity index is 1.22. The van der Waals surface area contributed by atoms with Gasteiger partial charge in [0.25, 0.3) is 0 Å². The summed E-state index contributed by atoms with van der Waals surface area (Å²) in [5.74, 6) is -1.38. The van der Waals surface area contributed by atoms with E-state index in [9.17, 15) is 28.0 Å². The van der Waals surface area contributed by atoms with Crippen molar-refractivity contribution in [3.05, 3.63) is 59.1 Å². The fourth-order valence-corrected chi connectivity index (χ4v) is 6.30. The number of aryl methyl sites for hydroxylation is 1. The number of fused-ring (bicyclic) bond motifs is 1. The zero-order valence-corrected chi connectivity index (χ0v) is 26.7. The minimum absolute atomic E-state index is 0.0305. The number of nitrogens with zero attached hydrogens (tertiary/aromatic N) is 6. The van der Waals surface area contributed by atoms with Gasteiger partial charge in [-0.2, -0.15) is 18.4 Å². The summed E-state index contributed by atoms with van der Waals surface area (Å²) in [6.45, 7) is 4.34. The second-order valence-corrected chi connectivity index (χ2v) is 12.3. The molecular formula is C33H39F4N7O3. The van der Waals surface area contributed by atoms with E-state index in [0.717, 1.165) is 25.5 Å². The van der Waals surface area contributed by atoms with Crippen LogP contribution in [0.5, 0.6) is 0 Å². The van der Waals surface area contributed by atoms with Crippen LogP contribution in [0.25, 0.3) is 0 Å². The van der Waals surface area contributed by atoms with E-state index < -0.39 is 35.1 Å². The minimum atomic E-state index is -4.79. The molecule has 14 heteroatoms. The Hall–Kier alpha value is -4.22. The summed E-state index contributed by atoms with van der Waals surface area (Å²) in [7, 11) is 3.53. The molecule has 0 bridgehead atoms. The lowest BCUT2D eigenvalue weighted by molar-refractivity contribution is -0.139. The summed E-state index contributed by atoms with van der Waals surface area (Å²) in [5, 5.41) is 12.4. The predicted molar refractivity (Wildman–Crippen MR) is 168 cm³/mol. The fraction of sp³-hybridized carbons (Fsp3) is 0.515. The highest BCUT2D eigenvalue weighted by Crippen LogP contribution is 2.37. The molecule has 5 rings (SSSR count). The van der Waals surface area contributed by atoms with E-state index in [0.29, 0.717) is 44.4 Å². The SMILES string of the molecule is Cc1cc(C(F)(F)F)c(C#N)c(NC2CCN(CCCOC3CN(C(=O)/C=C/C4CCCN4C)C3)c3c(F)cccc3N(C)C2=O)n1. The molecule has 252 valence electrons. The van der Waals surface area contributed by atoms with Gasteiger partial charge in [0.2, 0.25) is 11.8 Å². The summed E-state index contributed by atoms with van der Waals surface area (Å²) in [5.41, 5.74) is -1.25. The third-order valence-corrected chi connectivity index (χ3v) is 8.96. The van der Waals surface area contributed by atoms with Gasteiger partial charge in [-0.3, -0.25) is 14.5 Å². The van der Waals surface area contributed by atoms with E-state index >= 15 is 4.39 Å². The normalized spacial score (nSPS) is 21.0. The molecule has 2 fully saturated rings. The van der Waals surface area contributed by atoms with Gasteiger partial charge in [0.05, 0.1) is 23.0 Å². The van der Waals surface area contributed by atoms with Crippen molar-refractivity contribution in [2.24, 2.45) is 0 Å². The molecule has 2 saturated heterocycles. The van der Waals surface area contributed by atoms with Crippen LogP contribution >= 0.6 is 0 Å². The maximum absolute atomic E-state index is 15.3. The van der Waals surface area contributed by atoms with Gasteiger partial charge >= 0.3 is 6.18 Å². The van der Waals surface area contributed by atoms with Crippen LogP contribution in [-0.4, -0.2) is 98.2 Å². The molecule has 10 nitrogen and oxygen atoms in total. The van der Waals surface area contributed by atoms with Crippen molar-refractivity contribution in [2.75, 3.05) is 68.5 Å². The van der Waals surface area contributed by atoms with E-state index in [1.165, 1.54) is 31.0 Å². The van der Waals surface area contributed by atoms with Crippen LogP contribution in [0, 0.1) is 24.1 Å². The number of halogens is 4. The number of pyridine rings is 1. The summed E-state index contributed by atoms with van der Waals surface area (Å²) < 4.78 is 62.3. The lowest BCUT2D eigenvalue weighted by Gasteiger charge is -2.39. The number of nitrogens with one attached hydrogen (secondary N) is 1. The molecule has 2 atom stereocenters. The Morgan fingerprint density at radius 1 is 1.21 bits per heavy atom. The van der Waals surface area contributed by atoms with E-state index in [2.05, 4.69) is 22.2 Å². The number of benzene rings is 1. The van der Waals surface area contributed by atoms with Crippen LogP contribution < -0.4 is 15.1 Å². The van der Waals surface area contributed by atoms with Crippen LogP contribution in [0.1, 0.15) is 42.5 Å². The van der Waals surface area contributed by atoms with Gasteiger partial charge in [0.15, 0.2) is 0 Å². The van der Waals surface area contributed by atoms with Crippen molar-refractivity contribution < 1.29 is 31.9 Å². The number of carbonyl (C=O) groups is 2. The Labute approximate surface area is 271 Å². The molecule has 4 heterocycles. The molecule has 2 unspecified atom stereocenters. The molecule has 0 saturated carbocycles. The number of nitriles is 1. The van der Waals surface area contributed by atoms with Gasteiger partial charge < -0.3 is 24.8 Å². The first-order chi connectivity index (χ1) is 22.4. The van der Waals surface area contributed by atoms with Gasteiger partial charge in [-0.25, -0.2) is 9.37 Å². The van der Waals surface area contributed by atoms with Crippen molar-refractivity contribution in [1.29, 1.82) is 5.26 Å². The number of ether oxygens (including phenoxy) is 1. The van der Waals surface area contributed by atoms with Crippen molar-refractivity contribution in [2.45, 2.75) is 57.0 Å². The van der Waals surface area contributed by atoms with Crippen LogP contribution in [0.4, 0.5) is 34.8 Å². The second-order valence-electron chi connectivity index (χ2n) is 12.3. The van der Waals surface area contributed by atoms with Crippen LogP contribution in [0.2, 0.25) is 0 Å².